The first-order valence-electron chi connectivity index (χ1n) is 5.75. The maximum absolute atomic E-state index is 11.5. The van der Waals surface area contributed by atoms with Crippen molar-refractivity contribution in [3.8, 4) is 0 Å². The predicted octanol–water partition coefficient (Wildman–Crippen LogP) is 1.51. The summed E-state index contributed by atoms with van der Waals surface area (Å²) in [5.74, 6) is 0.916. The van der Waals surface area contributed by atoms with Gasteiger partial charge in [0.05, 0.1) is 12.4 Å². The zero-order valence-corrected chi connectivity index (χ0v) is 9.28. The van der Waals surface area contributed by atoms with Gasteiger partial charge in [0.2, 0.25) is 5.91 Å². The lowest BCUT2D eigenvalue weighted by Gasteiger charge is -2.10. The van der Waals surface area contributed by atoms with Gasteiger partial charge in [0.25, 0.3) is 0 Å². The van der Waals surface area contributed by atoms with Crippen LogP contribution < -0.4 is 5.32 Å². The lowest BCUT2D eigenvalue weighted by Crippen LogP contribution is -2.31. The van der Waals surface area contributed by atoms with Crippen molar-refractivity contribution < 1.29 is 13.9 Å². The van der Waals surface area contributed by atoms with E-state index in [1.807, 2.05) is 12.1 Å². The molecule has 1 aromatic rings. The summed E-state index contributed by atoms with van der Waals surface area (Å²) in [5.41, 5.74) is 0. The Labute approximate surface area is 95.0 Å². The van der Waals surface area contributed by atoms with Gasteiger partial charge in [-0.05, 0) is 25.0 Å². The van der Waals surface area contributed by atoms with E-state index in [2.05, 4.69) is 5.32 Å². The van der Waals surface area contributed by atoms with Crippen LogP contribution in [-0.4, -0.2) is 25.2 Å². The number of carbonyl (C=O) groups is 1. The average molecular weight is 223 g/mol. The van der Waals surface area contributed by atoms with Crippen molar-refractivity contribution in [1.82, 2.24) is 5.32 Å². The molecule has 0 aromatic carbocycles. The van der Waals surface area contributed by atoms with Crippen molar-refractivity contribution in [3.63, 3.8) is 0 Å². The van der Waals surface area contributed by atoms with Crippen LogP contribution in [0.15, 0.2) is 22.8 Å². The van der Waals surface area contributed by atoms with Crippen LogP contribution in [0, 0.1) is 0 Å². The number of hydrogen-bond acceptors (Lipinski definition) is 3. The predicted molar refractivity (Wildman–Crippen MR) is 59.0 cm³/mol. The molecule has 0 radical (unpaired) electrons. The first kappa shape index (κ1) is 11.2. The normalized spacial score (nSPS) is 19.9. The van der Waals surface area contributed by atoms with Crippen LogP contribution in [-0.2, 0) is 16.0 Å². The Balaban J connectivity index is 1.60. The van der Waals surface area contributed by atoms with Crippen molar-refractivity contribution in [3.05, 3.63) is 24.2 Å². The van der Waals surface area contributed by atoms with E-state index in [0.29, 0.717) is 19.4 Å². The van der Waals surface area contributed by atoms with Gasteiger partial charge in [0, 0.05) is 26.0 Å². The van der Waals surface area contributed by atoms with E-state index in [1.54, 1.807) is 6.26 Å². The van der Waals surface area contributed by atoms with Gasteiger partial charge >= 0.3 is 0 Å². The molecular weight excluding hydrogens is 206 g/mol. The highest BCUT2D eigenvalue weighted by atomic mass is 16.5. The molecule has 1 amide bonds. The number of rotatable bonds is 5. The smallest absolute Gasteiger partial charge is 0.220 e. The summed E-state index contributed by atoms with van der Waals surface area (Å²) in [6, 6.07) is 3.72. The van der Waals surface area contributed by atoms with Crippen LogP contribution in [0.2, 0.25) is 0 Å². The molecule has 4 heteroatoms. The molecule has 1 atom stereocenters. The molecule has 0 spiro atoms. The third-order valence-corrected chi connectivity index (χ3v) is 2.73. The van der Waals surface area contributed by atoms with Gasteiger partial charge in [-0.2, -0.15) is 0 Å². The second kappa shape index (κ2) is 5.70. The Morgan fingerprint density at radius 2 is 2.50 bits per heavy atom. The SMILES string of the molecule is O=C(CCc1ccco1)NCC1CCCO1. The first-order chi connectivity index (χ1) is 7.84. The quantitative estimate of drug-likeness (QED) is 0.823. The van der Waals surface area contributed by atoms with Crippen molar-refractivity contribution >= 4 is 5.91 Å². The number of ether oxygens (including phenoxy) is 1. The molecule has 0 saturated carbocycles. The maximum Gasteiger partial charge on any atom is 0.220 e. The molecule has 1 aliphatic heterocycles. The lowest BCUT2D eigenvalue weighted by atomic mass is 10.2. The fourth-order valence-electron chi connectivity index (χ4n) is 1.81. The van der Waals surface area contributed by atoms with Crippen molar-refractivity contribution in [2.24, 2.45) is 0 Å². The number of aryl methyl sites for hydroxylation is 1. The van der Waals surface area contributed by atoms with Gasteiger partial charge in [-0.1, -0.05) is 0 Å². The van der Waals surface area contributed by atoms with Crippen molar-refractivity contribution in [2.75, 3.05) is 13.2 Å². The van der Waals surface area contributed by atoms with E-state index < -0.39 is 0 Å². The van der Waals surface area contributed by atoms with Crippen molar-refractivity contribution in [2.45, 2.75) is 31.8 Å². The average Bonchev–Trinajstić information content (AvgIpc) is 2.96. The van der Waals surface area contributed by atoms with Crippen LogP contribution in [0.1, 0.15) is 25.0 Å². The van der Waals surface area contributed by atoms with Gasteiger partial charge in [-0.3, -0.25) is 4.79 Å². The summed E-state index contributed by atoms with van der Waals surface area (Å²) in [6.07, 6.45) is 5.13. The molecule has 4 nitrogen and oxygen atoms in total. The van der Waals surface area contributed by atoms with Gasteiger partial charge in [0.1, 0.15) is 5.76 Å². The summed E-state index contributed by atoms with van der Waals surface area (Å²) < 4.78 is 10.6. The van der Waals surface area contributed by atoms with Crippen LogP contribution in [0.25, 0.3) is 0 Å². The van der Waals surface area contributed by atoms with Crippen molar-refractivity contribution in [1.29, 1.82) is 0 Å². The monoisotopic (exact) mass is 223 g/mol. The first-order valence-corrected chi connectivity index (χ1v) is 5.75. The van der Waals surface area contributed by atoms with E-state index in [0.717, 1.165) is 25.2 Å². The number of carbonyl (C=O) groups excluding carboxylic acids is 1. The van der Waals surface area contributed by atoms with E-state index in [1.165, 1.54) is 0 Å². The zero-order chi connectivity index (χ0) is 11.2. The minimum atomic E-state index is 0.0619. The van der Waals surface area contributed by atoms with E-state index in [4.69, 9.17) is 9.15 Å². The zero-order valence-electron chi connectivity index (χ0n) is 9.28. The molecule has 1 aliphatic rings. The second-order valence-electron chi connectivity index (χ2n) is 4.02. The summed E-state index contributed by atoms with van der Waals surface area (Å²) in [4.78, 5) is 11.5. The topological polar surface area (TPSA) is 51.5 Å². The molecule has 1 fully saturated rings. The summed E-state index contributed by atoms with van der Waals surface area (Å²) >= 11 is 0. The molecule has 0 aliphatic carbocycles. The number of furan rings is 1. The van der Waals surface area contributed by atoms with Gasteiger partial charge in [-0.15, -0.1) is 0 Å². The minimum absolute atomic E-state index is 0.0619. The lowest BCUT2D eigenvalue weighted by molar-refractivity contribution is -0.121. The highest BCUT2D eigenvalue weighted by Crippen LogP contribution is 2.10. The molecule has 1 aromatic heterocycles. The van der Waals surface area contributed by atoms with Gasteiger partial charge in [0.15, 0.2) is 0 Å². The standard InChI is InChI=1S/C12H17NO3/c14-12(6-5-10-3-1-7-15-10)13-9-11-4-2-8-16-11/h1,3,7,11H,2,4-6,8-9H2,(H,13,14). The molecule has 1 saturated heterocycles. The molecule has 1 unspecified atom stereocenters. The highest BCUT2D eigenvalue weighted by molar-refractivity contribution is 5.76. The Bertz CT molecular complexity index is 315. The van der Waals surface area contributed by atoms with E-state index in [-0.39, 0.29) is 12.0 Å². The molecule has 88 valence electrons. The molecule has 1 N–H and O–H groups in total. The third kappa shape index (κ3) is 3.38. The Morgan fingerprint density at radius 3 is 3.19 bits per heavy atom. The molecule has 2 heterocycles. The molecular formula is C12H17NO3. The van der Waals surface area contributed by atoms with Gasteiger partial charge < -0.3 is 14.5 Å². The molecule has 16 heavy (non-hydrogen) atoms. The largest absolute Gasteiger partial charge is 0.469 e. The second-order valence-corrected chi connectivity index (χ2v) is 4.02. The Morgan fingerprint density at radius 1 is 1.56 bits per heavy atom. The number of amides is 1. The minimum Gasteiger partial charge on any atom is -0.469 e. The van der Waals surface area contributed by atoms with E-state index in [9.17, 15) is 4.79 Å². The van der Waals surface area contributed by atoms with Crippen LogP contribution in [0.4, 0.5) is 0 Å². The highest BCUT2D eigenvalue weighted by Gasteiger charge is 2.15. The summed E-state index contributed by atoms with van der Waals surface area (Å²) in [6.45, 7) is 1.46. The third-order valence-electron chi connectivity index (χ3n) is 2.73. The maximum atomic E-state index is 11.5. The van der Waals surface area contributed by atoms with E-state index >= 15 is 0 Å². The Hall–Kier alpha value is -1.29. The molecule has 2 rings (SSSR count). The fraction of sp³-hybridized carbons (Fsp3) is 0.583. The fourth-order valence-corrected chi connectivity index (χ4v) is 1.81. The van der Waals surface area contributed by atoms with Crippen LogP contribution in [0.5, 0.6) is 0 Å². The van der Waals surface area contributed by atoms with Crippen LogP contribution >= 0.6 is 0 Å². The summed E-state index contributed by atoms with van der Waals surface area (Å²) in [5, 5.41) is 2.88. The molecule has 0 bridgehead atoms. The number of hydrogen-bond donors (Lipinski definition) is 1. The van der Waals surface area contributed by atoms with Crippen LogP contribution in [0.3, 0.4) is 0 Å². The van der Waals surface area contributed by atoms with Gasteiger partial charge in [-0.25, -0.2) is 0 Å². The summed E-state index contributed by atoms with van der Waals surface area (Å²) in [7, 11) is 0. The Kier molecular flexibility index (Phi) is 3.99. The number of nitrogens with one attached hydrogen (secondary N) is 1.